The molecule has 0 aliphatic carbocycles. The van der Waals surface area contributed by atoms with Gasteiger partial charge in [0.1, 0.15) is 5.75 Å². The maximum Gasteiger partial charge on any atom is 0.259 e. The van der Waals surface area contributed by atoms with E-state index in [4.69, 9.17) is 18.9 Å². The van der Waals surface area contributed by atoms with Crippen LogP contribution in [-0.2, 0) is 0 Å². The van der Waals surface area contributed by atoms with Crippen LogP contribution in [0.25, 0.3) is 0 Å². The quantitative estimate of drug-likeness (QED) is 0.489. The number of nitriles is 1. The number of carbonyl (C=O) groups excluding carboxylic acids is 1. The van der Waals surface area contributed by atoms with Crippen molar-refractivity contribution < 1.29 is 32.5 Å². The van der Waals surface area contributed by atoms with Gasteiger partial charge < -0.3 is 23.8 Å². The second kappa shape index (κ2) is 10.0. The normalized spacial score (nSPS) is 10.3. The summed E-state index contributed by atoms with van der Waals surface area (Å²) in [5.74, 6) is -3.25. The monoisotopic (exact) mass is 469 g/mol. The lowest BCUT2D eigenvalue weighted by atomic mass is 10.2. The third-order valence-electron chi connectivity index (χ3n) is 4.72. The Hall–Kier alpha value is -4.39. The van der Waals surface area contributed by atoms with Gasteiger partial charge in [0.25, 0.3) is 17.7 Å². The van der Waals surface area contributed by atoms with Crippen LogP contribution in [0.2, 0.25) is 0 Å². The molecule has 0 aliphatic rings. The summed E-state index contributed by atoms with van der Waals surface area (Å²) in [6.07, 6.45) is 0. The van der Waals surface area contributed by atoms with E-state index in [0.29, 0.717) is 5.56 Å². The van der Waals surface area contributed by atoms with Gasteiger partial charge in [0, 0.05) is 37.4 Å². The molecule has 1 amide bonds. The number of hydrogen-bond acceptors (Lipinski definition) is 7. The Morgan fingerprint density at radius 2 is 1.65 bits per heavy atom. The lowest BCUT2D eigenvalue weighted by Gasteiger charge is -2.16. The highest BCUT2D eigenvalue weighted by molar-refractivity contribution is 5.94. The van der Waals surface area contributed by atoms with Crippen LogP contribution in [0.3, 0.4) is 0 Å². The zero-order valence-electron chi connectivity index (χ0n) is 19.1. The number of halogens is 2. The fraction of sp³-hybridized carbons (Fsp3) is 0.208. The molecule has 176 valence electrons. The van der Waals surface area contributed by atoms with Gasteiger partial charge in [0.15, 0.2) is 23.1 Å². The van der Waals surface area contributed by atoms with E-state index in [9.17, 15) is 18.8 Å². The standard InChI is InChI=1S/C24H21F2N3O5/c1-13-19(25)22(33-16-8-6-7-15(11-16)24(30)29(2)3)28-23(20(13)26)34-18-10-14(12-27)9-17(31-4)21(18)32-5/h6-11H,1-5H3. The molecule has 8 nitrogen and oxygen atoms in total. The number of nitrogens with zero attached hydrogens (tertiary/aromatic N) is 3. The van der Waals surface area contributed by atoms with Crippen LogP contribution in [0.4, 0.5) is 8.78 Å². The van der Waals surface area contributed by atoms with Crippen molar-refractivity contribution in [3.63, 3.8) is 0 Å². The molecule has 0 fully saturated rings. The minimum Gasteiger partial charge on any atom is -0.493 e. The molecule has 2 aromatic carbocycles. The average molecular weight is 469 g/mol. The molecule has 10 heteroatoms. The van der Waals surface area contributed by atoms with Crippen LogP contribution in [0.15, 0.2) is 36.4 Å². The Morgan fingerprint density at radius 3 is 2.24 bits per heavy atom. The molecule has 1 aromatic heterocycles. The first-order valence-corrected chi connectivity index (χ1v) is 9.89. The average Bonchev–Trinajstić information content (AvgIpc) is 2.84. The molecule has 0 unspecified atom stereocenters. The van der Waals surface area contributed by atoms with Gasteiger partial charge in [-0.2, -0.15) is 10.2 Å². The topological polar surface area (TPSA) is 93.9 Å². The van der Waals surface area contributed by atoms with Crippen molar-refractivity contribution >= 4 is 5.91 Å². The van der Waals surface area contributed by atoms with Crippen molar-refractivity contribution in [2.24, 2.45) is 0 Å². The zero-order chi connectivity index (χ0) is 25.0. The lowest BCUT2D eigenvalue weighted by Crippen LogP contribution is -2.21. The van der Waals surface area contributed by atoms with Crippen molar-refractivity contribution in [1.29, 1.82) is 5.26 Å². The molecule has 0 bridgehead atoms. The van der Waals surface area contributed by atoms with Crippen LogP contribution in [0.5, 0.6) is 34.8 Å². The number of methoxy groups -OCH3 is 2. The number of pyridine rings is 1. The van der Waals surface area contributed by atoms with E-state index < -0.39 is 29.0 Å². The maximum atomic E-state index is 14.9. The van der Waals surface area contributed by atoms with Crippen molar-refractivity contribution in [2.75, 3.05) is 28.3 Å². The number of aromatic nitrogens is 1. The highest BCUT2D eigenvalue weighted by atomic mass is 19.1. The molecule has 3 rings (SSSR count). The molecular weight excluding hydrogens is 448 g/mol. The van der Waals surface area contributed by atoms with Crippen molar-refractivity contribution in [2.45, 2.75) is 6.92 Å². The predicted octanol–water partition coefficient (Wildman–Crippen LogP) is 4.84. The van der Waals surface area contributed by atoms with Gasteiger partial charge in [-0.1, -0.05) is 6.07 Å². The van der Waals surface area contributed by atoms with E-state index in [2.05, 4.69) is 4.98 Å². The number of amides is 1. The first-order valence-electron chi connectivity index (χ1n) is 9.89. The van der Waals surface area contributed by atoms with E-state index in [0.717, 1.165) is 0 Å². The minimum atomic E-state index is -1.07. The van der Waals surface area contributed by atoms with Crippen LogP contribution in [0.1, 0.15) is 21.5 Å². The number of ether oxygens (including phenoxy) is 4. The van der Waals surface area contributed by atoms with Crippen LogP contribution >= 0.6 is 0 Å². The SMILES string of the molecule is COc1cc(C#N)cc(Oc2nc(Oc3cccc(C(=O)N(C)C)c3)c(F)c(C)c2F)c1OC. The van der Waals surface area contributed by atoms with Gasteiger partial charge in [-0.3, -0.25) is 4.79 Å². The highest BCUT2D eigenvalue weighted by Gasteiger charge is 2.23. The van der Waals surface area contributed by atoms with Gasteiger partial charge in [-0.15, -0.1) is 0 Å². The summed E-state index contributed by atoms with van der Waals surface area (Å²) < 4.78 is 51.2. The predicted molar refractivity (Wildman–Crippen MR) is 118 cm³/mol. The summed E-state index contributed by atoms with van der Waals surface area (Å²) in [4.78, 5) is 17.4. The third kappa shape index (κ3) is 4.83. The molecule has 0 N–H and O–H groups in total. The molecule has 0 aliphatic heterocycles. The van der Waals surface area contributed by atoms with Gasteiger partial charge in [0.2, 0.25) is 5.75 Å². The van der Waals surface area contributed by atoms with E-state index in [-0.39, 0.29) is 34.5 Å². The fourth-order valence-electron chi connectivity index (χ4n) is 2.98. The van der Waals surface area contributed by atoms with Gasteiger partial charge in [-0.05, 0) is 25.1 Å². The maximum absolute atomic E-state index is 14.9. The largest absolute Gasteiger partial charge is 0.493 e. The molecule has 3 aromatic rings. The first-order chi connectivity index (χ1) is 16.2. The Morgan fingerprint density at radius 1 is 1.00 bits per heavy atom. The number of hydrogen-bond donors (Lipinski definition) is 0. The van der Waals surface area contributed by atoms with Crippen molar-refractivity contribution in [3.05, 3.63) is 64.7 Å². The Bertz CT molecular complexity index is 1290. The fourth-order valence-corrected chi connectivity index (χ4v) is 2.98. The molecular formula is C24H21F2N3O5. The minimum absolute atomic E-state index is 0.0691. The smallest absolute Gasteiger partial charge is 0.259 e. The van der Waals surface area contributed by atoms with Crippen molar-refractivity contribution in [3.8, 4) is 40.8 Å². The number of carbonyl (C=O) groups is 1. The van der Waals surface area contributed by atoms with E-state index >= 15 is 0 Å². The van der Waals surface area contributed by atoms with Gasteiger partial charge in [-0.25, -0.2) is 8.78 Å². The highest BCUT2D eigenvalue weighted by Crippen LogP contribution is 2.42. The van der Waals surface area contributed by atoms with Crippen LogP contribution in [-0.4, -0.2) is 44.1 Å². The molecule has 0 saturated carbocycles. The van der Waals surface area contributed by atoms with Crippen LogP contribution in [0, 0.1) is 29.9 Å². The summed E-state index contributed by atoms with van der Waals surface area (Å²) >= 11 is 0. The van der Waals surface area contributed by atoms with Crippen LogP contribution < -0.4 is 18.9 Å². The molecule has 0 atom stereocenters. The third-order valence-corrected chi connectivity index (χ3v) is 4.72. The molecule has 0 spiro atoms. The number of rotatable bonds is 7. The lowest BCUT2D eigenvalue weighted by molar-refractivity contribution is 0.0827. The Kier molecular flexibility index (Phi) is 7.16. The summed E-state index contributed by atoms with van der Waals surface area (Å²) in [6.45, 7) is 1.20. The molecule has 0 saturated heterocycles. The second-order valence-corrected chi connectivity index (χ2v) is 7.23. The van der Waals surface area contributed by atoms with Gasteiger partial charge in [0.05, 0.1) is 25.9 Å². The number of benzene rings is 2. The molecule has 34 heavy (non-hydrogen) atoms. The summed E-state index contributed by atoms with van der Waals surface area (Å²) in [6, 6.07) is 10.7. The molecule has 0 radical (unpaired) electrons. The Balaban J connectivity index is 2.04. The van der Waals surface area contributed by atoms with Gasteiger partial charge >= 0.3 is 0 Å². The Labute approximate surface area is 194 Å². The summed E-state index contributed by atoms with van der Waals surface area (Å²) in [5, 5.41) is 9.26. The van der Waals surface area contributed by atoms with E-state index in [1.54, 1.807) is 26.2 Å². The second-order valence-electron chi connectivity index (χ2n) is 7.23. The van der Waals surface area contributed by atoms with Crippen molar-refractivity contribution in [1.82, 2.24) is 9.88 Å². The zero-order valence-corrected chi connectivity index (χ0v) is 19.1. The summed E-state index contributed by atoms with van der Waals surface area (Å²) in [7, 11) is 5.89. The van der Waals surface area contributed by atoms with E-state index in [1.165, 1.54) is 50.3 Å². The summed E-state index contributed by atoms with van der Waals surface area (Å²) in [5.41, 5.74) is 0.0667. The first kappa shape index (κ1) is 24.3. The van der Waals surface area contributed by atoms with E-state index in [1.807, 2.05) is 6.07 Å². The molecule has 1 heterocycles.